The maximum Gasteiger partial charge on any atom is 0.131 e. The number of halogens is 4. The number of thioether (sulfide) groups is 1. The summed E-state index contributed by atoms with van der Waals surface area (Å²) in [7, 11) is 0. The Morgan fingerprint density at radius 2 is 1.18 bits per heavy atom. The third kappa shape index (κ3) is 1.88. The SMILES string of the molecule is ClC1(Cl)CC1SC1CC1(Cl)Cl. The smallest absolute Gasteiger partial charge is 0.131 e. The highest BCUT2D eigenvalue weighted by atomic mass is 35.5. The second-order valence-electron chi connectivity index (χ2n) is 3.04. The second kappa shape index (κ2) is 2.51. The van der Waals surface area contributed by atoms with Crippen molar-refractivity contribution in [2.75, 3.05) is 0 Å². The van der Waals surface area contributed by atoms with Gasteiger partial charge < -0.3 is 0 Å². The third-order valence-corrected chi connectivity index (χ3v) is 5.85. The quantitative estimate of drug-likeness (QED) is 0.676. The minimum atomic E-state index is -0.503. The predicted molar refractivity (Wildman–Crippen MR) is 53.3 cm³/mol. The molecule has 0 aliphatic heterocycles. The first-order valence-corrected chi connectivity index (χ1v) is 5.78. The van der Waals surface area contributed by atoms with Crippen molar-refractivity contribution >= 4 is 58.2 Å². The molecule has 64 valence electrons. The molecule has 2 fully saturated rings. The molecule has 0 saturated heterocycles. The van der Waals surface area contributed by atoms with Crippen molar-refractivity contribution in [3.05, 3.63) is 0 Å². The highest BCUT2D eigenvalue weighted by Gasteiger charge is 2.60. The first kappa shape index (κ1) is 9.08. The molecule has 2 aliphatic carbocycles. The molecule has 2 unspecified atom stereocenters. The van der Waals surface area contributed by atoms with E-state index < -0.39 is 8.67 Å². The zero-order chi connectivity index (χ0) is 8.28. The van der Waals surface area contributed by atoms with Crippen LogP contribution in [-0.4, -0.2) is 19.2 Å². The van der Waals surface area contributed by atoms with Crippen molar-refractivity contribution in [1.29, 1.82) is 0 Å². The summed E-state index contributed by atoms with van der Waals surface area (Å²) in [5.41, 5.74) is 0. The second-order valence-corrected chi connectivity index (χ2v) is 7.54. The molecule has 0 heterocycles. The van der Waals surface area contributed by atoms with E-state index in [1.165, 1.54) is 0 Å². The minimum absolute atomic E-state index is 0.343. The normalized spacial score (nSPS) is 43.6. The molecule has 0 amide bonds. The van der Waals surface area contributed by atoms with Crippen molar-refractivity contribution in [3.63, 3.8) is 0 Å². The van der Waals surface area contributed by atoms with E-state index in [9.17, 15) is 0 Å². The van der Waals surface area contributed by atoms with Gasteiger partial charge >= 0.3 is 0 Å². The Kier molecular flexibility index (Phi) is 2.07. The lowest BCUT2D eigenvalue weighted by atomic mass is 10.9. The van der Waals surface area contributed by atoms with E-state index in [4.69, 9.17) is 46.4 Å². The highest BCUT2D eigenvalue weighted by molar-refractivity contribution is 8.01. The van der Waals surface area contributed by atoms with Crippen LogP contribution in [0.15, 0.2) is 0 Å². The maximum atomic E-state index is 5.83. The summed E-state index contributed by atoms with van der Waals surface area (Å²) in [6, 6.07) is 0. The molecular weight excluding hydrogens is 246 g/mol. The van der Waals surface area contributed by atoms with E-state index >= 15 is 0 Å². The van der Waals surface area contributed by atoms with Gasteiger partial charge in [0, 0.05) is 10.5 Å². The van der Waals surface area contributed by atoms with Crippen molar-refractivity contribution < 1.29 is 0 Å². The number of rotatable bonds is 2. The van der Waals surface area contributed by atoms with Crippen LogP contribution in [0, 0.1) is 0 Å². The Bertz CT molecular complexity index is 171. The molecule has 2 atom stereocenters. The summed E-state index contributed by atoms with van der Waals surface area (Å²) in [5.74, 6) is 0. The molecule has 0 N–H and O–H groups in total. The summed E-state index contributed by atoms with van der Waals surface area (Å²) in [6.45, 7) is 0. The molecule has 11 heavy (non-hydrogen) atoms. The van der Waals surface area contributed by atoms with Crippen LogP contribution in [-0.2, 0) is 0 Å². The van der Waals surface area contributed by atoms with E-state index in [2.05, 4.69) is 0 Å². The topological polar surface area (TPSA) is 0 Å². The molecule has 0 aromatic carbocycles. The van der Waals surface area contributed by atoms with Crippen molar-refractivity contribution in [2.45, 2.75) is 32.0 Å². The van der Waals surface area contributed by atoms with Gasteiger partial charge in [0.15, 0.2) is 0 Å². The molecule has 2 rings (SSSR count). The van der Waals surface area contributed by atoms with Crippen LogP contribution in [0.25, 0.3) is 0 Å². The summed E-state index contributed by atoms with van der Waals surface area (Å²) in [5, 5.41) is 0.686. The Morgan fingerprint density at radius 1 is 0.909 bits per heavy atom. The van der Waals surface area contributed by atoms with Gasteiger partial charge in [0.1, 0.15) is 8.67 Å². The first-order chi connectivity index (χ1) is 4.92. The van der Waals surface area contributed by atoms with Crippen LogP contribution >= 0.6 is 58.2 Å². The van der Waals surface area contributed by atoms with Crippen LogP contribution in [0.4, 0.5) is 0 Å². The number of hydrogen-bond donors (Lipinski definition) is 0. The zero-order valence-corrected chi connectivity index (χ0v) is 9.33. The predicted octanol–water partition coefficient (Wildman–Crippen LogP) is 3.61. The highest BCUT2D eigenvalue weighted by Crippen LogP contribution is 2.63. The van der Waals surface area contributed by atoms with Gasteiger partial charge in [-0.1, -0.05) is 0 Å². The molecule has 0 aromatic heterocycles. The number of alkyl halides is 4. The van der Waals surface area contributed by atoms with Gasteiger partial charge in [0.05, 0.1) is 0 Å². The van der Waals surface area contributed by atoms with Gasteiger partial charge in [-0.2, -0.15) is 0 Å². The molecular formula is C6H6Cl4S. The Labute approximate surface area is 89.9 Å². The minimum Gasteiger partial charge on any atom is -0.149 e. The molecule has 0 aromatic rings. The van der Waals surface area contributed by atoms with E-state index in [0.29, 0.717) is 10.5 Å². The first-order valence-electron chi connectivity index (χ1n) is 3.33. The van der Waals surface area contributed by atoms with E-state index in [1.807, 2.05) is 0 Å². The fourth-order valence-electron chi connectivity index (χ4n) is 0.870. The molecule has 2 saturated carbocycles. The van der Waals surface area contributed by atoms with Crippen molar-refractivity contribution in [2.24, 2.45) is 0 Å². The molecule has 2 aliphatic rings. The summed E-state index contributed by atoms with van der Waals surface area (Å²) < 4.78 is -1.01. The lowest BCUT2D eigenvalue weighted by Crippen LogP contribution is -1.96. The average molecular weight is 252 g/mol. The Balaban J connectivity index is 1.79. The molecule has 0 spiro atoms. The van der Waals surface area contributed by atoms with Crippen molar-refractivity contribution in [3.8, 4) is 0 Å². The lowest BCUT2D eigenvalue weighted by Gasteiger charge is -1.99. The summed E-state index contributed by atoms with van der Waals surface area (Å²) >= 11 is 25.0. The number of hydrogen-bond acceptors (Lipinski definition) is 1. The fourth-order valence-corrected chi connectivity index (χ4v) is 3.98. The van der Waals surface area contributed by atoms with E-state index in [-0.39, 0.29) is 0 Å². The molecule has 0 bridgehead atoms. The van der Waals surface area contributed by atoms with Gasteiger partial charge in [-0.05, 0) is 12.8 Å². The van der Waals surface area contributed by atoms with Crippen molar-refractivity contribution in [1.82, 2.24) is 0 Å². The average Bonchev–Trinajstić information content (AvgIpc) is 2.54. The summed E-state index contributed by atoms with van der Waals surface area (Å²) in [6.07, 6.45) is 1.72. The molecule has 5 heteroatoms. The van der Waals surface area contributed by atoms with Crippen LogP contribution < -0.4 is 0 Å². The Hall–Kier alpha value is 1.51. The van der Waals surface area contributed by atoms with Gasteiger partial charge in [-0.25, -0.2) is 0 Å². The monoisotopic (exact) mass is 250 g/mol. The summed E-state index contributed by atoms with van der Waals surface area (Å²) in [4.78, 5) is 0. The lowest BCUT2D eigenvalue weighted by molar-refractivity contribution is 1.34. The van der Waals surface area contributed by atoms with Crippen LogP contribution in [0.5, 0.6) is 0 Å². The molecule has 0 nitrogen and oxygen atoms in total. The van der Waals surface area contributed by atoms with E-state index in [0.717, 1.165) is 12.8 Å². The maximum absolute atomic E-state index is 5.83. The fraction of sp³-hybridized carbons (Fsp3) is 1.00. The molecule has 0 radical (unpaired) electrons. The van der Waals surface area contributed by atoms with Gasteiger partial charge in [-0.15, -0.1) is 58.2 Å². The zero-order valence-electron chi connectivity index (χ0n) is 5.49. The Morgan fingerprint density at radius 3 is 1.36 bits per heavy atom. The van der Waals surface area contributed by atoms with E-state index in [1.54, 1.807) is 11.8 Å². The van der Waals surface area contributed by atoms with Gasteiger partial charge in [0.25, 0.3) is 0 Å². The van der Waals surface area contributed by atoms with Gasteiger partial charge in [0.2, 0.25) is 0 Å². The van der Waals surface area contributed by atoms with Gasteiger partial charge in [-0.3, -0.25) is 0 Å². The van der Waals surface area contributed by atoms with Crippen LogP contribution in [0.1, 0.15) is 12.8 Å². The standard InChI is InChI=1S/C6H6Cl4S/c7-5(8)1-3(5)11-4-2-6(4,9)10/h3-4H,1-2H2. The van der Waals surface area contributed by atoms with Crippen LogP contribution in [0.2, 0.25) is 0 Å². The largest absolute Gasteiger partial charge is 0.149 e. The third-order valence-electron chi connectivity index (χ3n) is 1.87. The van der Waals surface area contributed by atoms with Crippen LogP contribution in [0.3, 0.4) is 0 Å².